The number of likely N-dealkylation sites (N-methyl/N-ethyl adjacent to an activating group) is 1. The second kappa shape index (κ2) is 8.76. The van der Waals surface area contributed by atoms with E-state index < -0.39 is 0 Å². The zero-order valence-corrected chi connectivity index (χ0v) is 14.4. The van der Waals surface area contributed by atoms with E-state index in [1.165, 1.54) is 4.90 Å². The number of hydrogen-bond donors (Lipinski definition) is 2. The van der Waals surface area contributed by atoms with Gasteiger partial charge in [-0.2, -0.15) is 0 Å². The topological polar surface area (TPSA) is 75.4 Å². The zero-order valence-electron chi connectivity index (χ0n) is 13.6. The van der Waals surface area contributed by atoms with E-state index in [0.717, 1.165) is 5.56 Å². The van der Waals surface area contributed by atoms with Crippen LogP contribution < -0.4 is 11.1 Å². The van der Waals surface area contributed by atoms with Gasteiger partial charge in [-0.05, 0) is 26.3 Å². The summed E-state index contributed by atoms with van der Waals surface area (Å²) in [4.78, 5) is 25.3. The van der Waals surface area contributed by atoms with Gasteiger partial charge >= 0.3 is 0 Å². The van der Waals surface area contributed by atoms with Crippen molar-refractivity contribution >= 4 is 24.2 Å². The summed E-state index contributed by atoms with van der Waals surface area (Å²) in [6, 6.07) is 9.11. The molecular weight excluding hydrogens is 302 g/mol. The summed E-state index contributed by atoms with van der Waals surface area (Å²) in [5.74, 6) is -0.318. The number of carbonyl (C=O) groups excluding carboxylic acids is 2. The van der Waals surface area contributed by atoms with Gasteiger partial charge in [0, 0.05) is 25.0 Å². The molecule has 3 N–H and O–H groups in total. The molecule has 2 amide bonds. The summed E-state index contributed by atoms with van der Waals surface area (Å²) in [6.45, 7) is 5.74. The Morgan fingerprint density at radius 3 is 2.27 bits per heavy atom. The Labute approximate surface area is 138 Å². The Bertz CT molecular complexity index is 486. The standard InChI is InChI=1S/C16H25N3O2.ClH/c1-16(2,3)18-14(20)11-19(4)15(21)10-13(17)12-8-6-5-7-9-12;/h5-9,13H,10-11,17H2,1-4H3,(H,18,20);1H. The van der Waals surface area contributed by atoms with Crippen molar-refractivity contribution < 1.29 is 9.59 Å². The molecule has 0 radical (unpaired) electrons. The van der Waals surface area contributed by atoms with Crippen LogP contribution >= 0.6 is 12.4 Å². The fourth-order valence-corrected chi connectivity index (χ4v) is 1.92. The monoisotopic (exact) mass is 327 g/mol. The van der Waals surface area contributed by atoms with E-state index in [2.05, 4.69) is 5.32 Å². The number of nitrogens with one attached hydrogen (secondary N) is 1. The largest absolute Gasteiger partial charge is 0.350 e. The number of hydrogen-bond acceptors (Lipinski definition) is 3. The fourth-order valence-electron chi connectivity index (χ4n) is 1.92. The average molecular weight is 328 g/mol. The Morgan fingerprint density at radius 2 is 1.77 bits per heavy atom. The molecule has 0 aliphatic heterocycles. The second-order valence-electron chi connectivity index (χ2n) is 6.27. The molecular formula is C16H26ClN3O2. The third-order valence-corrected chi connectivity index (χ3v) is 2.94. The number of carbonyl (C=O) groups is 2. The van der Waals surface area contributed by atoms with E-state index in [1.54, 1.807) is 7.05 Å². The normalized spacial score (nSPS) is 12.0. The number of nitrogens with two attached hydrogens (primary N) is 1. The zero-order chi connectivity index (χ0) is 16.0. The lowest BCUT2D eigenvalue weighted by molar-refractivity contribution is -0.135. The van der Waals surface area contributed by atoms with Gasteiger partial charge in [0.2, 0.25) is 11.8 Å². The average Bonchev–Trinajstić information content (AvgIpc) is 2.37. The van der Waals surface area contributed by atoms with E-state index in [4.69, 9.17) is 5.73 Å². The molecule has 1 rings (SSSR count). The predicted molar refractivity (Wildman–Crippen MR) is 90.8 cm³/mol. The van der Waals surface area contributed by atoms with Crippen molar-refractivity contribution in [2.75, 3.05) is 13.6 Å². The van der Waals surface area contributed by atoms with E-state index in [1.807, 2.05) is 51.1 Å². The van der Waals surface area contributed by atoms with Gasteiger partial charge in [0.15, 0.2) is 0 Å². The van der Waals surface area contributed by atoms with Gasteiger partial charge in [-0.1, -0.05) is 30.3 Å². The molecule has 5 nitrogen and oxygen atoms in total. The molecule has 0 aliphatic rings. The van der Waals surface area contributed by atoms with E-state index >= 15 is 0 Å². The first-order valence-corrected chi connectivity index (χ1v) is 7.04. The molecule has 0 spiro atoms. The lowest BCUT2D eigenvalue weighted by Gasteiger charge is -2.24. The first kappa shape index (κ1) is 20.4. The van der Waals surface area contributed by atoms with Crippen LogP contribution in [0.1, 0.15) is 38.8 Å². The predicted octanol–water partition coefficient (Wildman–Crippen LogP) is 1.87. The first-order valence-electron chi connectivity index (χ1n) is 7.04. The van der Waals surface area contributed by atoms with Crippen molar-refractivity contribution in [1.29, 1.82) is 0 Å². The molecule has 22 heavy (non-hydrogen) atoms. The van der Waals surface area contributed by atoms with Crippen LogP contribution in [0.3, 0.4) is 0 Å². The highest BCUT2D eigenvalue weighted by atomic mass is 35.5. The molecule has 124 valence electrons. The number of amides is 2. The summed E-state index contributed by atoms with van der Waals surface area (Å²) in [5.41, 5.74) is 6.63. The van der Waals surface area contributed by atoms with Gasteiger partial charge in [-0.3, -0.25) is 9.59 Å². The number of rotatable bonds is 5. The Balaban J connectivity index is 0.00000441. The van der Waals surface area contributed by atoms with Crippen LogP contribution in [0, 0.1) is 0 Å². The number of benzene rings is 1. The second-order valence-corrected chi connectivity index (χ2v) is 6.27. The summed E-state index contributed by atoms with van der Waals surface area (Å²) < 4.78 is 0. The van der Waals surface area contributed by atoms with Crippen molar-refractivity contribution in [2.45, 2.75) is 38.8 Å². The van der Waals surface area contributed by atoms with Crippen molar-refractivity contribution in [1.82, 2.24) is 10.2 Å². The van der Waals surface area contributed by atoms with Gasteiger partial charge < -0.3 is 16.0 Å². The Hall–Kier alpha value is -1.59. The highest BCUT2D eigenvalue weighted by Gasteiger charge is 2.19. The van der Waals surface area contributed by atoms with Gasteiger partial charge in [0.05, 0.1) is 6.54 Å². The molecule has 0 heterocycles. The summed E-state index contributed by atoms with van der Waals surface area (Å²) in [7, 11) is 1.61. The first-order chi connectivity index (χ1) is 9.69. The molecule has 1 aromatic carbocycles. The highest BCUT2D eigenvalue weighted by Crippen LogP contribution is 2.14. The Kier molecular flexibility index (Phi) is 8.12. The van der Waals surface area contributed by atoms with Crippen LogP contribution in [0.4, 0.5) is 0 Å². The van der Waals surface area contributed by atoms with Gasteiger partial charge in [-0.15, -0.1) is 12.4 Å². The Morgan fingerprint density at radius 1 is 1.23 bits per heavy atom. The summed E-state index contributed by atoms with van der Waals surface area (Å²) in [6.07, 6.45) is 0.184. The molecule has 1 unspecified atom stereocenters. The molecule has 0 aliphatic carbocycles. The quantitative estimate of drug-likeness (QED) is 0.867. The maximum atomic E-state index is 12.1. The van der Waals surface area contributed by atoms with Crippen LogP contribution in [-0.2, 0) is 9.59 Å². The maximum absolute atomic E-state index is 12.1. The fraction of sp³-hybridized carbons (Fsp3) is 0.500. The molecule has 1 aromatic rings. The molecule has 6 heteroatoms. The number of halogens is 1. The molecule has 0 saturated carbocycles. The number of nitrogens with zero attached hydrogens (tertiary/aromatic N) is 1. The van der Waals surface area contributed by atoms with Crippen molar-refractivity contribution in [3.63, 3.8) is 0 Å². The smallest absolute Gasteiger partial charge is 0.240 e. The summed E-state index contributed by atoms with van der Waals surface area (Å²) in [5, 5.41) is 2.83. The van der Waals surface area contributed by atoms with Crippen LogP contribution in [0.2, 0.25) is 0 Å². The van der Waals surface area contributed by atoms with Gasteiger partial charge in [0.1, 0.15) is 0 Å². The van der Waals surface area contributed by atoms with Crippen LogP contribution in [-0.4, -0.2) is 35.8 Å². The van der Waals surface area contributed by atoms with Gasteiger partial charge in [-0.25, -0.2) is 0 Å². The third-order valence-electron chi connectivity index (χ3n) is 2.94. The highest BCUT2D eigenvalue weighted by molar-refractivity contribution is 5.85. The van der Waals surface area contributed by atoms with Crippen LogP contribution in [0.5, 0.6) is 0 Å². The van der Waals surface area contributed by atoms with Crippen molar-refractivity contribution in [3.05, 3.63) is 35.9 Å². The molecule has 0 fully saturated rings. The maximum Gasteiger partial charge on any atom is 0.240 e. The van der Waals surface area contributed by atoms with Crippen LogP contribution in [0.25, 0.3) is 0 Å². The lowest BCUT2D eigenvalue weighted by Crippen LogP contribution is -2.46. The minimum Gasteiger partial charge on any atom is -0.350 e. The summed E-state index contributed by atoms with van der Waals surface area (Å²) >= 11 is 0. The molecule has 0 bridgehead atoms. The SMILES string of the molecule is CN(CC(=O)NC(C)(C)C)C(=O)CC(N)c1ccccc1.Cl. The molecule has 0 saturated heterocycles. The van der Waals surface area contributed by atoms with Crippen molar-refractivity contribution in [2.24, 2.45) is 5.73 Å². The van der Waals surface area contributed by atoms with Gasteiger partial charge in [0.25, 0.3) is 0 Å². The molecule has 1 atom stereocenters. The lowest BCUT2D eigenvalue weighted by atomic mass is 10.0. The van der Waals surface area contributed by atoms with E-state index in [-0.39, 0.29) is 48.8 Å². The van der Waals surface area contributed by atoms with E-state index in [0.29, 0.717) is 0 Å². The van der Waals surface area contributed by atoms with E-state index in [9.17, 15) is 9.59 Å². The molecule has 0 aromatic heterocycles. The van der Waals surface area contributed by atoms with Crippen LogP contribution in [0.15, 0.2) is 30.3 Å². The third kappa shape index (κ3) is 7.43. The minimum absolute atomic E-state index is 0. The minimum atomic E-state index is -0.355. The van der Waals surface area contributed by atoms with Crippen molar-refractivity contribution in [3.8, 4) is 0 Å².